The van der Waals surface area contributed by atoms with Crippen LogP contribution in [0, 0.1) is 5.41 Å². The lowest BCUT2D eigenvalue weighted by Gasteiger charge is -2.17. The van der Waals surface area contributed by atoms with Gasteiger partial charge < -0.3 is 5.11 Å². The summed E-state index contributed by atoms with van der Waals surface area (Å²) in [5, 5.41) is 21.3. The molecule has 2 aromatic rings. The van der Waals surface area contributed by atoms with Gasteiger partial charge in [0.05, 0.1) is 11.1 Å². The molecule has 0 aliphatic rings. The maximum absolute atomic E-state index is 11.0. The van der Waals surface area contributed by atoms with Gasteiger partial charge in [-0.15, -0.1) is 5.10 Å². The van der Waals surface area contributed by atoms with Crippen LogP contribution >= 0.6 is 11.8 Å². The fraction of sp³-hybridized carbons (Fsp3) is 0.385. The van der Waals surface area contributed by atoms with Crippen molar-refractivity contribution < 1.29 is 9.90 Å². The van der Waals surface area contributed by atoms with Crippen molar-refractivity contribution in [2.45, 2.75) is 25.4 Å². The van der Waals surface area contributed by atoms with Gasteiger partial charge in [-0.2, -0.15) is 4.68 Å². The van der Waals surface area contributed by atoms with Crippen LogP contribution in [0.5, 0.6) is 0 Å². The van der Waals surface area contributed by atoms with Crippen LogP contribution in [0.3, 0.4) is 0 Å². The number of carboxylic acids is 1. The Balaban J connectivity index is 2.02. The van der Waals surface area contributed by atoms with Gasteiger partial charge in [-0.1, -0.05) is 30.0 Å². The molecule has 2 rings (SSSR count). The quantitative estimate of drug-likeness (QED) is 0.822. The van der Waals surface area contributed by atoms with Crippen LogP contribution in [0.2, 0.25) is 0 Å². The summed E-state index contributed by atoms with van der Waals surface area (Å²) in [5.41, 5.74) is 0.149. The second-order valence-corrected chi connectivity index (χ2v) is 6.06. The number of carboxylic acid groups (broad SMARTS) is 1. The monoisotopic (exact) mass is 292 g/mol. The summed E-state index contributed by atoms with van der Waals surface area (Å²) in [6, 6.07) is 9.59. The van der Waals surface area contributed by atoms with E-state index in [0.717, 1.165) is 5.69 Å². The Kier molecular flexibility index (Phi) is 4.39. The van der Waals surface area contributed by atoms with Crippen LogP contribution in [-0.4, -0.2) is 37.0 Å². The SMILES string of the molecule is CC(C)(CCSc1nnnn1-c1ccccc1)C(=O)O. The molecule has 0 unspecified atom stereocenters. The smallest absolute Gasteiger partial charge is 0.309 e. The molecule has 1 aromatic heterocycles. The van der Waals surface area contributed by atoms with Crippen LogP contribution in [0.1, 0.15) is 20.3 Å². The molecule has 0 fully saturated rings. The molecule has 0 aliphatic carbocycles. The topological polar surface area (TPSA) is 80.9 Å². The molecule has 1 heterocycles. The Morgan fingerprint density at radius 3 is 2.70 bits per heavy atom. The first-order chi connectivity index (χ1) is 9.50. The van der Waals surface area contributed by atoms with E-state index in [4.69, 9.17) is 5.11 Å². The molecule has 0 bridgehead atoms. The van der Waals surface area contributed by atoms with E-state index in [0.29, 0.717) is 17.3 Å². The first-order valence-electron chi connectivity index (χ1n) is 6.21. The number of rotatable bonds is 6. The summed E-state index contributed by atoms with van der Waals surface area (Å²) in [6.45, 7) is 3.44. The van der Waals surface area contributed by atoms with Gasteiger partial charge >= 0.3 is 5.97 Å². The molecule has 0 saturated heterocycles. The lowest BCUT2D eigenvalue weighted by atomic mass is 9.91. The molecule has 6 nitrogen and oxygen atoms in total. The summed E-state index contributed by atoms with van der Waals surface area (Å²) in [7, 11) is 0. The second-order valence-electron chi connectivity index (χ2n) is 5.00. The number of carbonyl (C=O) groups is 1. The van der Waals surface area contributed by atoms with Gasteiger partial charge in [-0.05, 0) is 42.8 Å². The molecule has 20 heavy (non-hydrogen) atoms. The Hall–Kier alpha value is -1.89. The second kappa shape index (κ2) is 6.04. The third-order valence-electron chi connectivity index (χ3n) is 2.98. The van der Waals surface area contributed by atoms with Gasteiger partial charge in [0.1, 0.15) is 0 Å². The molecule has 1 aromatic carbocycles. The van der Waals surface area contributed by atoms with Gasteiger partial charge in [0.2, 0.25) is 5.16 Å². The zero-order valence-electron chi connectivity index (χ0n) is 11.4. The predicted molar refractivity (Wildman–Crippen MR) is 75.9 cm³/mol. The van der Waals surface area contributed by atoms with Crippen molar-refractivity contribution in [3.8, 4) is 5.69 Å². The number of aromatic nitrogens is 4. The first kappa shape index (κ1) is 14.5. The minimum Gasteiger partial charge on any atom is -0.481 e. The average molecular weight is 292 g/mol. The van der Waals surface area contributed by atoms with E-state index in [9.17, 15) is 4.79 Å². The van der Waals surface area contributed by atoms with Crippen molar-refractivity contribution in [2.24, 2.45) is 5.41 Å². The number of thioether (sulfide) groups is 1. The van der Waals surface area contributed by atoms with Crippen LogP contribution in [0.4, 0.5) is 0 Å². The molecule has 0 aliphatic heterocycles. The van der Waals surface area contributed by atoms with Gasteiger partial charge in [0, 0.05) is 5.75 Å². The van der Waals surface area contributed by atoms with E-state index < -0.39 is 11.4 Å². The minimum absolute atomic E-state index is 0.550. The zero-order valence-corrected chi connectivity index (χ0v) is 12.2. The maximum atomic E-state index is 11.0. The molecule has 106 valence electrons. The Bertz CT molecular complexity index is 583. The highest BCUT2D eigenvalue weighted by Crippen LogP contribution is 2.26. The summed E-state index contributed by atoms with van der Waals surface area (Å²) >= 11 is 1.46. The first-order valence-corrected chi connectivity index (χ1v) is 7.19. The number of hydrogen-bond acceptors (Lipinski definition) is 5. The number of tetrazole rings is 1. The molecular weight excluding hydrogens is 276 g/mol. The van der Waals surface area contributed by atoms with E-state index in [1.807, 2.05) is 30.3 Å². The molecule has 0 spiro atoms. The highest BCUT2D eigenvalue weighted by molar-refractivity contribution is 7.99. The van der Waals surface area contributed by atoms with Crippen molar-refractivity contribution in [2.75, 3.05) is 5.75 Å². The van der Waals surface area contributed by atoms with Crippen LogP contribution < -0.4 is 0 Å². The lowest BCUT2D eigenvalue weighted by molar-refractivity contribution is -0.146. The fourth-order valence-corrected chi connectivity index (χ4v) is 2.66. The molecule has 7 heteroatoms. The van der Waals surface area contributed by atoms with Crippen molar-refractivity contribution in [3.63, 3.8) is 0 Å². The Morgan fingerprint density at radius 1 is 1.35 bits per heavy atom. The van der Waals surface area contributed by atoms with Gasteiger partial charge in [-0.3, -0.25) is 4.79 Å². The molecule has 0 radical (unpaired) electrons. The Labute approximate surface area is 121 Å². The fourth-order valence-electron chi connectivity index (χ4n) is 1.50. The summed E-state index contributed by atoms with van der Waals surface area (Å²) in [6.07, 6.45) is 0.550. The molecule has 1 N–H and O–H groups in total. The lowest BCUT2D eigenvalue weighted by Crippen LogP contribution is -2.24. The summed E-state index contributed by atoms with van der Waals surface area (Å²) < 4.78 is 1.65. The molecule has 0 saturated carbocycles. The van der Waals surface area contributed by atoms with Gasteiger partial charge in [-0.25, -0.2) is 0 Å². The van der Waals surface area contributed by atoms with E-state index >= 15 is 0 Å². The molecule has 0 atom stereocenters. The van der Waals surface area contributed by atoms with Crippen LogP contribution in [0.25, 0.3) is 5.69 Å². The number of nitrogens with zero attached hydrogens (tertiary/aromatic N) is 4. The predicted octanol–water partition coefficient (Wildman–Crippen LogP) is 2.26. The van der Waals surface area contributed by atoms with Crippen LogP contribution in [0.15, 0.2) is 35.5 Å². The number of benzene rings is 1. The zero-order chi connectivity index (χ0) is 14.6. The highest BCUT2D eigenvalue weighted by atomic mass is 32.2. The largest absolute Gasteiger partial charge is 0.481 e. The number of para-hydroxylation sites is 1. The van der Waals surface area contributed by atoms with E-state index in [1.54, 1.807) is 18.5 Å². The third kappa shape index (κ3) is 3.36. The van der Waals surface area contributed by atoms with Crippen molar-refractivity contribution in [1.29, 1.82) is 0 Å². The van der Waals surface area contributed by atoms with E-state index in [-0.39, 0.29) is 0 Å². The number of aliphatic carboxylic acids is 1. The van der Waals surface area contributed by atoms with Crippen molar-refractivity contribution >= 4 is 17.7 Å². The summed E-state index contributed by atoms with van der Waals surface area (Å²) in [5.74, 6) is -0.146. The summed E-state index contributed by atoms with van der Waals surface area (Å²) in [4.78, 5) is 11.0. The van der Waals surface area contributed by atoms with E-state index in [2.05, 4.69) is 15.5 Å². The van der Waals surface area contributed by atoms with Crippen molar-refractivity contribution in [1.82, 2.24) is 20.2 Å². The van der Waals surface area contributed by atoms with Crippen LogP contribution in [-0.2, 0) is 4.79 Å². The average Bonchev–Trinajstić information content (AvgIpc) is 2.88. The Morgan fingerprint density at radius 2 is 2.05 bits per heavy atom. The third-order valence-corrected chi connectivity index (χ3v) is 3.90. The number of hydrogen-bond donors (Lipinski definition) is 1. The maximum Gasteiger partial charge on any atom is 0.309 e. The highest BCUT2D eigenvalue weighted by Gasteiger charge is 2.26. The van der Waals surface area contributed by atoms with E-state index in [1.165, 1.54) is 11.8 Å². The normalized spacial score (nSPS) is 11.5. The van der Waals surface area contributed by atoms with Gasteiger partial charge in [0.25, 0.3) is 0 Å². The van der Waals surface area contributed by atoms with Crippen molar-refractivity contribution in [3.05, 3.63) is 30.3 Å². The minimum atomic E-state index is -0.791. The molecule has 0 amide bonds. The molecular formula is C13H16N4O2S. The standard InChI is InChI=1S/C13H16N4O2S/c1-13(2,11(18)19)8-9-20-12-14-15-16-17(12)10-6-4-3-5-7-10/h3-7H,8-9H2,1-2H3,(H,18,19). The van der Waals surface area contributed by atoms with Gasteiger partial charge in [0.15, 0.2) is 0 Å².